The van der Waals surface area contributed by atoms with Gasteiger partial charge < -0.3 is 9.47 Å². The molecule has 0 spiro atoms. The van der Waals surface area contributed by atoms with Crippen molar-refractivity contribution in [2.24, 2.45) is 0 Å². The molecule has 0 atom stereocenters. The summed E-state index contributed by atoms with van der Waals surface area (Å²) in [5.74, 6) is 0. The van der Waals surface area contributed by atoms with Crippen LogP contribution in [0, 0.1) is 0 Å². The summed E-state index contributed by atoms with van der Waals surface area (Å²) >= 11 is 0. The third-order valence-corrected chi connectivity index (χ3v) is 11.6. The Labute approximate surface area is 293 Å². The summed E-state index contributed by atoms with van der Waals surface area (Å²) in [4.78, 5) is 2.43. The minimum atomic E-state index is -0.165. The van der Waals surface area contributed by atoms with Gasteiger partial charge in [0.05, 0.1) is 22.4 Å². The van der Waals surface area contributed by atoms with Gasteiger partial charge in [0.15, 0.2) is 0 Å². The van der Waals surface area contributed by atoms with Crippen LogP contribution in [-0.4, -0.2) is 4.57 Å². The van der Waals surface area contributed by atoms with Gasteiger partial charge >= 0.3 is 0 Å². The molecule has 1 aliphatic carbocycles. The van der Waals surface area contributed by atoms with Crippen LogP contribution in [0.3, 0.4) is 0 Å². The molecule has 0 N–H and O–H groups in total. The molecule has 0 radical (unpaired) electrons. The first-order valence-electron chi connectivity index (χ1n) is 17.7. The van der Waals surface area contributed by atoms with Crippen LogP contribution in [0.25, 0.3) is 49.7 Å². The van der Waals surface area contributed by atoms with Gasteiger partial charge in [0, 0.05) is 33.0 Å². The summed E-state index contributed by atoms with van der Waals surface area (Å²) in [5, 5.41) is 2.57. The number of para-hydroxylation sites is 3. The minimum absolute atomic E-state index is 0.0641. The van der Waals surface area contributed by atoms with Gasteiger partial charge in [-0.1, -0.05) is 119 Å². The predicted octanol–water partition coefficient (Wildman–Crippen LogP) is 12.9. The molecule has 8 aromatic rings. The SMILES string of the molecule is CC1(C)c2ccccc2-c2cc3c4cc(-c5ccc6c(c5)C(C)(C)c5ccccc5N6c5ccccc5)ccc4n(-c4ccccc4)c3cc21. The van der Waals surface area contributed by atoms with E-state index in [2.05, 4.69) is 195 Å². The second-order valence-corrected chi connectivity index (χ2v) is 15.0. The molecule has 1 aromatic heterocycles. The number of fused-ring (bicyclic) bond motifs is 8. The Kier molecular flexibility index (Phi) is 6.01. The van der Waals surface area contributed by atoms with Gasteiger partial charge in [-0.2, -0.15) is 0 Å². The van der Waals surface area contributed by atoms with Crippen molar-refractivity contribution in [1.29, 1.82) is 0 Å². The first-order chi connectivity index (χ1) is 24.3. The molecule has 240 valence electrons. The third kappa shape index (κ3) is 3.96. The molecule has 2 heterocycles. The number of aromatic nitrogens is 1. The van der Waals surface area contributed by atoms with Crippen LogP contribution in [0.1, 0.15) is 49.9 Å². The molecule has 0 fully saturated rings. The summed E-state index contributed by atoms with van der Waals surface area (Å²) in [6, 6.07) is 58.5. The number of nitrogens with zero attached hydrogens (tertiary/aromatic N) is 2. The molecule has 2 heteroatoms. The summed E-state index contributed by atoms with van der Waals surface area (Å²) in [6.45, 7) is 9.47. The van der Waals surface area contributed by atoms with Crippen LogP contribution in [0.2, 0.25) is 0 Å². The summed E-state index contributed by atoms with van der Waals surface area (Å²) < 4.78 is 2.46. The molecule has 0 saturated carbocycles. The highest BCUT2D eigenvalue weighted by atomic mass is 15.2. The van der Waals surface area contributed by atoms with Crippen molar-refractivity contribution in [1.82, 2.24) is 4.57 Å². The van der Waals surface area contributed by atoms with Crippen LogP contribution >= 0.6 is 0 Å². The molecule has 10 rings (SSSR count). The van der Waals surface area contributed by atoms with E-state index in [0.717, 1.165) is 0 Å². The van der Waals surface area contributed by atoms with Crippen molar-refractivity contribution >= 4 is 38.9 Å². The van der Waals surface area contributed by atoms with Gasteiger partial charge in [-0.15, -0.1) is 0 Å². The van der Waals surface area contributed by atoms with E-state index in [1.54, 1.807) is 0 Å². The Morgan fingerprint density at radius 1 is 0.380 bits per heavy atom. The van der Waals surface area contributed by atoms with Crippen molar-refractivity contribution < 1.29 is 0 Å². The zero-order valence-electron chi connectivity index (χ0n) is 28.9. The highest BCUT2D eigenvalue weighted by Crippen LogP contribution is 2.54. The lowest BCUT2D eigenvalue weighted by atomic mass is 9.73. The summed E-state index contributed by atoms with van der Waals surface area (Å²) in [5.41, 5.74) is 17.7. The Balaban J connectivity index is 1.20. The third-order valence-electron chi connectivity index (χ3n) is 11.6. The van der Waals surface area contributed by atoms with Crippen molar-refractivity contribution in [3.05, 3.63) is 180 Å². The number of hydrogen-bond acceptors (Lipinski definition) is 1. The van der Waals surface area contributed by atoms with Crippen LogP contribution < -0.4 is 4.90 Å². The van der Waals surface area contributed by atoms with E-state index in [0.29, 0.717) is 0 Å². The van der Waals surface area contributed by atoms with Gasteiger partial charge in [-0.3, -0.25) is 0 Å². The Hall–Kier alpha value is -5.86. The number of benzene rings is 7. The van der Waals surface area contributed by atoms with E-state index in [9.17, 15) is 0 Å². The fourth-order valence-electron chi connectivity index (χ4n) is 8.99. The van der Waals surface area contributed by atoms with E-state index in [-0.39, 0.29) is 10.8 Å². The second-order valence-electron chi connectivity index (χ2n) is 15.0. The van der Waals surface area contributed by atoms with Crippen LogP contribution in [0.15, 0.2) is 158 Å². The lowest BCUT2D eigenvalue weighted by molar-refractivity contribution is 0.632. The van der Waals surface area contributed by atoms with Crippen molar-refractivity contribution in [3.63, 3.8) is 0 Å². The highest BCUT2D eigenvalue weighted by molar-refractivity contribution is 6.12. The minimum Gasteiger partial charge on any atom is -0.310 e. The molecule has 0 saturated heterocycles. The van der Waals surface area contributed by atoms with E-state index >= 15 is 0 Å². The van der Waals surface area contributed by atoms with Gasteiger partial charge in [0.25, 0.3) is 0 Å². The summed E-state index contributed by atoms with van der Waals surface area (Å²) in [7, 11) is 0. The van der Waals surface area contributed by atoms with Gasteiger partial charge in [0.1, 0.15) is 0 Å². The molecular formula is C48H38N2. The van der Waals surface area contributed by atoms with Crippen LogP contribution in [0.4, 0.5) is 17.1 Å². The number of anilines is 3. The largest absolute Gasteiger partial charge is 0.310 e. The average Bonchev–Trinajstić information content (AvgIpc) is 3.59. The Morgan fingerprint density at radius 2 is 0.960 bits per heavy atom. The standard InChI is InChI=1S/C48H38N2/c1-47(2)39-20-12-11-19-35(39)36-29-38-37-27-31(23-25-43(37)49(46(38)30-41(36)47)33-15-7-5-8-16-33)32-24-26-45-42(28-32)48(3,4)40-21-13-14-22-44(40)50(45)34-17-9-6-10-18-34/h5-30H,1-4H3. The van der Waals surface area contributed by atoms with Crippen LogP contribution in [0.5, 0.6) is 0 Å². The molecule has 1 aliphatic heterocycles. The topological polar surface area (TPSA) is 8.17 Å². The van der Waals surface area contributed by atoms with Crippen molar-refractivity contribution in [2.45, 2.75) is 38.5 Å². The molecular weight excluding hydrogens is 605 g/mol. The monoisotopic (exact) mass is 642 g/mol. The van der Waals surface area contributed by atoms with E-state index in [1.165, 1.54) is 89.1 Å². The zero-order valence-corrected chi connectivity index (χ0v) is 28.9. The first-order valence-corrected chi connectivity index (χ1v) is 17.7. The summed E-state index contributed by atoms with van der Waals surface area (Å²) in [6.07, 6.45) is 0. The Morgan fingerprint density at radius 3 is 1.74 bits per heavy atom. The maximum Gasteiger partial charge on any atom is 0.0544 e. The smallest absolute Gasteiger partial charge is 0.0544 e. The molecule has 50 heavy (non-hydrogen) atoms. The zero-order chi connectivity index (χ0) is 33.8. The first kappa shape index (κ1) is 29.1. The molecule has 2 aliphatic rings. The molecule has 0 unspecified atom stereocenters. The maximum absolute atomic E-state index is 2.47. The maximum atomic E-state index is 2.47. The fourth-order valence-corrected chi connectivity index (χ4v) is 8.99. The molecule has 0 bridgehead atoms. The lowest BCUT2D eigenvalue weighted by Crippen LogP contribution is -2.30. The molecule has 0 amide bonds. The number of hydrogen-bond donors (Lipinski definition) is 0. The lowest BCUT2D eigenvalue weighted by Gasteiger charge is -2.42. The second kappa shape index (κ2) is 10.3. The van der Waals surface area contributed by atoms with Gasteiger partial charge in [-0.25, -0.2) is 0 Å². The van der Waals surface area contributed by atoms with Gasteiger partial charge in [-0.05, 0) is 111 Å². The van der Waals surface area contributed by atoms with Crippen LogP contribution in [-0.2, 0) is 10.8 Å². The molecule has 2 nitrogen and oxygen atoms in total. The van der Waals surface area contributed by atoms with E-state index in [4.69, 9.17) is 0 Å². The highest BCUT2D eigenvalue weighted by Gasteiger charge is 2.38. The quantitative estimate of drug-likeness (QED) is 0.186. The van der Waals surface area contributed by atoms with E-state index in [1.807, 2.05) is 0 Å². The normalized spacial score (nSPS) is 15.1. The Bertz CT molecular complexity index is 2640. The van der Waals surface area contributed by atoms with Gasteiger partial charge in [0.2, 0.25) is 0 Å². The fraction of sp³-hybridized carbons (Fsp3) is 0.125. The predicted molar refractivity (Wildman–Crippen MR) is 211 cm³/mol. The average molecular weight is 643 g/mol. The number of rotatable bonds is 3. The molecule has 7 aromatic carbocycles. The van der Waals surface area contributed by atoms with Crippen molar-refractivity contribution in [3.8, 4) is 27.9 Å². The van der Waals surface area contributed by atoms with Crippen molar-refractivity contribution in [2.75, 3.05) is 4.90 Å². The van der Waals surface area contributed by atoms with E-state index < -0.39 is 0 Å².